The third kappa shape index (κ3) is 1.84. The molecule has 0 bridgehead atoms. The molecule has 1 aliphatic heterocycles. The zero-order valence-electron chi connectivity index (χ0n) is 9.51. The van der Waals surface area contributed by atoms with Crippen molar-refractivity contribution in [2.75, 3.05) is 13.6 Å². The Labute approximate surface area is 91.7 Å². The maximum atomic E-state index is 3.79. The Kier molecular flexibility index (Phi) is 2.66. The van der Waals surface area contributed by atoms with E-state index in [0.717, 1.165) is 18.7 Å². The first-order valence-corrected chi connectivity index (χ1v) is 5.43. The summed E-state index contributed by atoms with van der Waals surface area (Å²) in [4.78, 5) is 2.24. The number of benzene rings is 1. The molecule has 1 nitrogen and oxygen atoms in total. The van der Waals surface area contributed by atoms with Crippen LogP contribution in [-0.2, 0) is 6.42 Å². The molecule has 0 spiro atoms. The Balaban J connectivity index is 2.58. The third-order valence-electron chi connectivity index (χ3n) is 3.00. The number of aryl methyl sites for hydroxylation is 2. The van der Waals surface area contributed by atoms with E-state index in [1.807, 2.05) is 0 Å². The van der Waals surface area contributed by atoms with Crippen LogP contribution in [0.3, 0.4) is 0 Å². The van der Waals surface area contributed by atoms with Crippen molar-refractivity contribution in [1.82, 2.24) is 4.90 Å². The minimum Gasteiger partial charge on any atom is -0.368 e. The predicted molar refractivity (Wildman–Crippen MR) is 64.7 cm³/mol. The minimum atomic E-state index is 1.09. The van der Waals surface area contributed by atoms with Crippen molar-refractivity contribution < 1.29 is 0 Å². The first kappa shape index (κ1) is 10.1. The van der Waals surface area contributed by atoms with Crippen LogP contribution in [0.25, 0.3) is 5.70 Å². The molecule has 0 amide bonds. The maximum absolute atomic E-state index is 3.79. The minimum absolute atomic E-state index is 1.09. The highest BCUT2D eigenvalue weighted by molar-refractivity contribution is 5.67. The lowest BCUT2D eigenvalue weighted by molar-refractivity contribution is 0.476. The summed E-state index contributed by atoms with van der Waals surface area (Å²) in [6.07, 6.45) is 2.37. The molecular formula is C14H17N. The fraction of sp³-hybridized carbons (Fsp3) is 0.357. The van der Waals surface area contributed by atoms with Crippen LogP contribution in [0, 0.1) is 6.92 Å². The summed E-state index contributed by atoms with van der Waals surface area (Å²) >= 11 is 0. The molecule has 15 heavy (non-hydrogen) atoms. The van der Waals surface area contributed by atoms with E-state index >= 15 is 0 Å². The van der Waals surface area contributed by atoms with Gasteiger partial charge in [-0.05, 0) is 25.3 Å². The second kappa shape index (κ2) is 3.96. The summed E-state index contributed by atoms with van der Waals surface area (Å²) < 4.78 is 0. The quantitative estimate of drug-likeness (QED) is 0.581. The molecule has 0 radical (unpaired) electrons. The lowest BCUT2D eigenvalue weighted by atomic mass is 10.00. The average Bonchev–Trinajstić information content (AvgIpc) is 2.36. The van der Waals surface area contributed by atoms with Crippen molar-refractivity contribution in [3.8, 4) is 0 Å². The normalized spacial score (nSPS) is 15.6. The Hall–Kier alpha value is -1.46. The molecule has 0 fully saturated rings. The average molecular weight is 199 g/mol. The monoisotopic (exact) mass is 199 g/mol. The van der Waals surface area contributed by atoms with E-state index in [-0.39, 0.29) is 0 Å². The highest BCUT2D eigenvalue weighted by Gasteiger charge is 2.15. The van der Waals surface area contributed by atoms with Crippen molar-refractivity contribution in [3.63, 3.8) is 0 Å². The summed E-state index contributed by atoms with van der Waals surface area (Å²) in [5, 5.41) is 0. The fourth-order valence-electron chi connectivity index (χ4n) is 2.21. The van der Waals surface area contributed by atoms with Crippen LogP contribution in [0.4, 0.5) is 0 Å². The zero-order chi connectivity index (χ0) is 10.8. The van der Waals surface area contributed by atoms with E-state index in [1.54, 1.807) is 0 Å². The molecule has 0 N–H and O–H groups in total. The molecule has 0 atom stereocenters. The highest BCUT2D eigenvalue weighted by Crippen LogP contribution is 2.26. The second-order valence-corrected chi connectivity index (χ2v) is 4.21. The smallest absolute Gasteiger partial charge is 0.0867 e. The molecule has 0 saturated carbocycles. The molecule has 1 aromatic carbocycles. The molecule has 78 valence electrons. The van der Waals surface area contributed by atoms with Crippen molar-refractivity contribution in [2.24, 2.45) is 0 Å². The van der Waals surface area contributed by atoms with Crippen molar-refractivity contribution >= 4 is 5.70 Å². The van der Waals surface area contributed by atoms with E-state index in [0.29, 0.717) is 0 Å². The predicted octanol–water partition coefficient (Wildman–Crippen LogP) is 3.00. The molecule has 1 heterocycles. The van der Waals surface area contributed by atoms with Gasteiger partial charge in [0, 0.05) is 19.2 Å². The van der Waals surface area contributed by atoms with E-state index in [9.17, 15) is 0 Å². The topological polar surface area (TPSA) is 3.24 Å². The SMILES string of the molecule is C=C=C1c2ccc(C)cc2CCCN1C. The molecule has 0 unspecified atom stereocenters. The summed E-state index contributed by atoms with van der Waals surface area (Å²) in [5.41, 5.74) is 8.28. The van der Waals surface area contributed by atoms with Gasteiger partial charge in [-0.3, -0.25) is 0 Å². The van der Waals surface area contributed by atoms with Crippen LogP contribution in [-0.4, -0.2) is 18.5 Å². The van der Waals surface area contributed by atoms with Crippen molar-refractivity contribution in [1.29, 1.82) is 0 Å². The summed E-state index contributed by atoms with van der Waals surface area (Å²) in [5.74, 6) is 0. The van der Waals surface area contributed by atoms with Crippen LogP contribution in [0.2, 0.25) is 0 Å². The van der Waals surface area contributed by atoms with Gasteiger partial charge in [0.2, 0.25) is 0 Å². The molecule has 0 aromatic heterocycles. The number of fused-ring (bicyclic) bond motifs is 1. The molecule has 0 saturated heterocycles. The highest BCUT2D eigenvalue weighted by atomic mass is 15.1. The van der Waals surface area contributed by atoms with Gasteiger partial charge >= 0.3 is 0 Å². The van der Waals surface area contributed by atoms with Crippen LogP contribution in [0.15, 0.2) is 30.5 Å². The Bertz CT molecular complexity index is 425. The lowest BCUT2D eigenvalue weighted by Crippen LogP contribution is -2.15. The molecular weight excluding hydrogens is 182 g/mol. The van der Waals surface area contributed by atoms with Gasteiger partial charge in [0.1, 0.15) is 0 Å². The van der Waals surface area contributed by atoms with Crippen LogP contribution >= 0.6 is 0 Å². The summed E-state index contributed by atoms with van der Waals surface area (Å²) in [7, 11) is 2.11. The van der Waals surface area contributed by atoms with E-state index in [1.165, 1.54) is 23.1 Å². The van der Waals surface area contributed by atoms with E-state index in [2.05, 4.69) is 49.4 Å². The van der Waals surface area contributed by atoms with E-state index in [4.69, 9.17) is 0 Å². The van der Waals surface area contributed by atoms with Crippen molar-refractivity contribution in [3.05, 3.63) is 47.2 Å². The summed E-state index contributed by atoms with van der Waals surface area (Å²) in [6, 6.07) is 6.64. The third-order valence-corrected chi connectivity index (χ3v) is 3.00. The van der Waals surface area contributed by atoms with Gasteiger partial charge in [0.05, 0.1) is 5.70 Å². The number of hydrogen-bond acceptors (Lipinski definition) is 1. The van der Waals surface area contributed by atoms with Gasteiger partial charge in [-0.2, -0.15) is 0 Å². The van der Waals surface area contributed by atoms with Gasteiger partial charge in [-0.1, -0.05) is 30.3 Å². The number of hydrogen-bond donors (Lipinski definition) is 0. The zero-order valence-corrected chi connectivity index (χ0v) is 9.51. The van der Waals surface area contributed by atoms with Gasteiger partial charge < -0.3 is 4.90 Å². The van der Waals surface area contributed by atoms with Gasteiger partial charge in [0.25, 0.3) is 0 Å². The Morgan fingerprint density at radius 3 is 2.93 bits per heavy atom. The molecule has 1 heteroatoms. The standard InChI is InChI=1S/C14H17N/c1-4-14-13-8-7-11(2)10-12(13)6-5-9-15(14)3/h7-8,10H,1,5-6,9H2,2-3H3. The largest absolute Gasteiger partial charge is 0.368 e. The van der Waals surface area contributed by atoms with Gasteiger partial charge in [-0.15, -0.1) is 5.73 Å². The first-order valence-electron chi connectivity index (χ1n) is 5.43. The van der Waals surface area contributed by atoms with Crippen LogP contribution in [0.5, 0.6) is 0 Å². The number of nitrogens with zero attached hydrogens (tertiary/aromatic N) is 1. The molecule has 0 aliphatic carbocycles. The van der Waals surface area contributed by atoms with Crippen molar-refractivity contribution in [2.45, 2.75) is 19.8 Å². The number of rotatable bonds is 0. The lowest BCUT2D eigenvalue weighted by Gasteiger charge is -2.18. The molecule has 1 aromatic rings. The molecule has 2 rings (SSSR count). The maximum Gasteiger partial charge on any atom is 0.0867 e. The molecule has 1 aliphatic rings. The second-order valence-electron chi connectivity index (χ2n) is 4.21. The van der Waals surface area contributed by atoms with Crippen LogP contribution < -0.4 is 0 Å². The van der Waals surface area contributed by atoms with Crippen LogP contribution in [0.1, 0.15) is 23.1 Å². The van der Waals surface area contributed by atoms with Gasteiger partial charge in [0.15, 0.2) is 0 Å². The summed E-state index contributed by atoms with van der Waals surface area (Å²) in [6.45, 7) is 7.03. The fourth-order valence-corrected chi connectivity index (χ4v) is 2.21. The van der Waals surface area contributed by atoms with Gasteiger partial charge in [-0.25, -0.2) is 0 Å². The van der Waals surface area contributed by atoms with E-state index < -0.39 is 0 Å². The first-order chi connectivity index (χ1) is 7.22. The Morgan fingerprint density at radius 2 is 2.20 bits per heavy atom. The Morgan fingerprint density at radius 1 is 1.40 bits per heavy atom.